The lowest BCUT2D eigenvalue weighted by Gasteiger charge is -2.30. The van der Waals surface area contributed by atoms with E-state index in [0.29, 0.717) is 18.3 Å². The summed E-state index contributed by atoms with van der Waals surface area (Å²) in [6.07, 6.45) is 3.95. The van der Waals surface area contributed by atoms with Crippen molar-refractivity contribution in [2.75, 3.05) is 38.2 Å². The van der Waals surface area contributed by atoms with Gasteiger partial charge in [-0.2, -0.15) is 16.7 Å². The standard InChI is InChI=1S/C13H24N4O2S/c1-3-5-17-6-7-18-11(9-17)12-15-13(19-16-12)10(14)4-8-20-2/h10-11H,3-9,14H2,1-2H3/t10-,11?/m1/s1. The molecule has 1 unspecified atom stereocenters. The van der Waals surface area contributed by atoms with E-state index >= 15 is 0 Å². The quantitative estimate of drug-likeness (QED) is 0.819. The molecule has 0 saturated carbocycles. The Hall–Kier alpha value is -0.630. The van der Waals surface area contributed by atoms with Crippen LogP contribution < -0.4 is 5.73 Å². The van der Waals surface area contributed by atoms with Gasteiger partial charge in [-0.1, -0.05) is 12.1 Å². The van der Waals surface area contributed by atoms with E-state index < -0.39 is 0 Å². The van der Waals surface area contributed by atoms with Crippen LogP contribution in [0.4, 0.5) is 0 Å². The van der Waals surface area contributed by atoms with Gasteiger partial charge in [0.15, 0.2) is 0 Å². The molecule has 1 saturated heterocycles. The molecule has 1 fully saturated rings. The van der Waals surface area contributed by atoms with E-state index in [1.54, 1.807) is 11.8 Å². The smallest absolute Gasteiger partial charge is 0.243 e. The van der Waals surface area contributed by atoms with Crippen molar-refractivity contribution >= 4 is 11.8 Å². The minimum atomic E-state index is -0.181. The maximum atomic E-state index is 6.04. The summed E-state index contributed by atoms with van der Waals surface area (Å²) < 4.78 is 11.0. The summed E-state index contributed by atoms with van der Waals surface area (Å²) in [4.78, 5) is 6.79. The topological polar surface area (TPSA) is 77.4 Å². The molecule has 2 N–H and O–H groups in total. The van der Waals surface area contributed by atoms with E-state index in [0.717, 1.165) is 38.2 Å². The van der Waals surface area contributed by atoms with Crippen LogP contribution in [0.1, 0.15) is 43.6 Å². The predicted molar refractivity (Wildman–Crippen MR) is 79.6 cm³/mol. The lowest BCUT2D eigenvalue weighted by molar-refractivity contribution is -0.0350. The third kappa shape index (κ3) is 4.18. The SMILES string of the molecule is CCCN1CCOC(c2noc([C@H](N)CCSC)n2)C1. The summed E-state index contributed by atoms with van der Waals surface area (Å²) in [6, 6.07) is -0.181. The molecule has 1 aliphatic heterocycles. The highest BCUT2D eigenvalue weighted by Crippen LogP contribution is 2.22. The van der Waals surface area contributed by atoms with Crippen molar-refractivity contribution in [3.05, 3.63) is 11.7 Å². The van der Waals surface area contributed by atoms with E-state index in [-0.39, 0.29) is 12.1 Å². The van der Waals surface area contributed by atoms with Crippen molar-refractivity contribution in [3.8, 4) is 0 Å². The summed E-state index contributed by atoms with van der Waals surface area (Å²) >= 11 is 1.76. The number of nitrogens with two attached hydrogens (primary N) is 1. The van der Waals surface area contributed by atoms with Gasteiger partial charge >= 0.3 is 0 Å². The fourth-order valence-electron chi connectivity index (χ4n) is 2.28. The number of morpholine rings is 1. The molecule has 0 spiro atoms. The molecular weight excluding hydrogens is 276 g/mol. The number of rotatable bonds is 7. The zero-order chi connectivity index (χ0) is 14.4. The first-order valence-electron chi connectivity index (χ1n) is 7.16. The largest absolute Gasteiger partial charge is 0.367 e. The first kappa shape index (κ1) is 15.8. The second kappa shape index (κ2) is 7.97. The Kier molecular flexibility index (Phi) is 6.28. The minimum absolute atomic E-state index is 0.0967. The van der Waals surface area contributed by atoms with Crippen molar-refractivity contribution < 1.29 is 9.26 Å². The molecule has 20 heavy (non-hydrogen) atoms. The summed E-state index contributed by atoms with van der Waals surface area (Å²) in [5, 5.41) is 4.04. The summed E-state index contributed by atoms with van der Waals surface area (Å²) in [5.41, 5.74) is 6.04. The van der Waals surface area contributed by atoms with Crippen LogP contribution in [-0.4, -0.2) is 53.3 Å². The van der Waals surface area contributed by atoms with Gasteiger partial charge in [0.1, 0.15) is 6.10 Å². The molecule has 7 heteroatoms. The molecule has 1 aromatic rings. The Labute approximate surface area is 124 Å². The summed E-state index contributed by atoms with van der Waals surface area (Å²) in [6.45, 7) is 5.78. The van der Waals surface area contributed by atoms with Crippen molar-refractivity contribution in [2.45, 2.75) is 31.9 Å². The third-order valence-corrected chi connectivity index (χ3v) is 4.03. The molecule has 6 nitrogen and oxygen atoms in total. The normalized spacial score (nSPS) is 22.1. The molecule has 1 aromatic heterocycles. The van der Waals surface area contributed by atoms with Gasteiger partial charge < -0.3 is 15.0 Å². The first-order valence-corrected chi connectivity index (χ1v) is 8.56. The van der Waals surface area contributed by atoms with Gasteiger partial charge in [-0.25, -0.2) is 0 Å². The third-order valence-electron chi connectivity index (χ3n) is 3.39. The van der Waals surface area contributed by atoms with Crippen molar-refractivity contribution in [3.63, 3.8) is 0 Å². The van der Waals surface area contributed by atoms with E-state index in [9.17, 15) is 0 Å². The Balaban J connectivity index is 1.93. The second-order valence-electron chi connectivity index (χ2n) is 5.04. The monoisotopic (exact) mass is 300 g/mol. The molecule has 0 aromatic carbocycles. The van der Waals surface area contributed by atoms with E-state index in [2.05, 4.69) is 28.2 Å². The second-order valence-corrected chi connectivity index (χ2v) is 6.02. The van der Waals surface area contributed by atoms with Crippen molar-refractivity contribution in [1.29, 1.82) is 0 Å². The molecule has 114 valence electrons. The number of hydrogen-bond acceptors (Lipinski definition) is 7. The van der Waals surface area contributed by atoms with Gasteiger partial charge in [0.05, 0.1) is 12.6 Å². The van der Waals surface area contributed by atoms with Crippen LogP contribution in [0.15, 0.2) is 4.52 Å². The molecular formula is C13H24N4O2S. The van der Waals surface area contributed by atoms with Crippen molar-refractivity contribution in [1.82, 2.24) is 15.0 Å². The molecule has 2 heterocycles. The Morgan fingerprint density at radius 1 is 1.55 bits per heavy atom. The maximum Gasteiger partial charge on any atom is 0.243 e. The highest BCUT2D eigenvalue weighted by molar-refractivity contribution is 7.98. The molecule has 0 radical (unpaired) electrons. The number of ether oxygens (including phenoxy) is 1. The van der Waals surface area contributed by atoms with Gasteiger partial charge in [0.25, 0.3) is 0 Å². The Morgan fingerprint density at radius 2 is 2.40 bits per heavy atom. The fraction of sp³-hybridized carbons (Fsp3) is 0.846. The van der Waals surface area contributed by atoms with Crippen LogP contribution >= 0.6 is 11.8 Å². The number of aromatic nitrogens is 2. The Bertz CT molecular complexity index is 399. The maximum absolute atomic E-state index is 6.04. The van der Waals surface area contributed by atoms with Crippen LogP contribution in [0.25, 0.3) is 0 Å². The fourth-order valence-corrected chi connectivity index (χ4v) is 2.76. The van der Waals surface area contributed by atoms with Crippen LogP contribution in [0.3, 0.4) is 0 Å². The van der Waals surface area contributed by atoms with Gasteiger partial charge in [0, 0.05) is 13.1 Å². The van der Waals surface area contributed by atoms with Crippen LogP contribution in [-0.2, 0) is 4.74 Å². The lowest BCUT2D eigenvalue weighted by atomic mass is 10.2. The molecule has 2 rings (SSSR count). The number of hydrogen-bond donors (Lipinski definition) is 1. The average molecular weight is 300 g/mol. The van der Waals surface area contributed by atoms with Gasteiger partial charge in [-0.3, -0.25) is 4.90 Å². The molecule has 0 bridgehead atoms. The van der Waals surface area contributed by atoms with Crippen LogP contribution in [0.2, 0.25) is 0 Å². The minimum Gasteiger partial charge on any atom is -0.367 e. The predicted octanol–water partition coefficient (Wildman–Crippen LogP) is 1.61. The van der Waals surface area contributed by atoms with Gasteiger partial charge in [-0.05, 0) is 31.4 Å². The molecule has 0 aliphatic carbocycles. The Morgan fingerprint density at radius 3 is 3.15 bits per heavy atom. The van der Waals surface area contributed by atoms with Crippen LogP contribution in [0, 0.1) is 0 Å². The number of nitrogens with zero attached hydrogens (tertiary/aromatic N) is 3. The highest BCUT2D eigenvalue weighted by atomic mass is 32.2. The molecule has 1 aliphatic rings. The zero-order valence-corrected chi connectivity index (χ0v) is 13.1. The number of thioether (sulfide) groups is 1. The summed E-state index contributed by atoms with van der Waals surface area (Å²) in [7, 11) is 0. The summed E-state index contributed by atoms with van der Waals surface area (Å²) in [5.74, 6) is 2.13. The first-order chi connectivity index (χ1) is 9.74. The van der Waals surface area contributed by atoms with Gasteiger partial charge in [-0.15, -0.1) is 0 Å². The molecule has 0 amide bonds. The zero-order valence-electron chi connectivity index (χ0n) is 12.2. The van der Waals surface area contributed by atoms with Crippen LogP contribution in [0.5, 0.6) is 0 Å². The van der Waals surface area contributed by atoms with Crippen molar-refractivity contribution in [2.24, 2.45) is 5.73 Å². The van der Waals surface area contributed by atoms with E-state index in [1.165, 1.54) is 0 Å². The highest BCUT2D eigenvalue weighted by Gasteiger charge is 2.26. The van der Waals surface area contributed by atoms with E-state index in [4.69, 9.17) is 15.0 Å². The van der Waals surface area contributed by atoms with E-state index in [1.807, 2.05) is 0 Å². The average Bonchev–Trinajstić information content (AvgIpc) is 2.95. The van der Waals surface area contributed by atoms with Gasteiger partial charge in [0.2, 0.25) is 11.7 Å². The lowest BCUT2D eigenvalue weighted by Crippen LogP contribution is -2.39. The molecule has 2 atom stereocenters.